The van der Waals surface area contributed by atoms with Crippen molar-refractivity contribution in [2.24, 2.45) is 0 Å². The summed E-state index contributed by atoms with van der Waals surface area (Å²) in [4.78, 5) is 10.6. The minimum absolute atomic E-state index is 0.196. The summed E-state index contributed by atoms with van der Waals surface area (Å²) in [5.74, 6) is -4.75. The van der Waals surface area contributed by atoms with Crippen LogP contribution in [0, 0.1) is 12.3 Å². The van der Waals surface area contributed by atoms with Crippen molar-refractivity contribution in [1.29, 1.82) is 0 Å². The maximum atomic E-state index is 12.3. The van der Waals surface area contributed by atoms with Crippen molar-refractivity contribution in [1.82, 2.24) is 5.32 Å². The summed E-state index contributed by atoms with van der Waals surface area (Å²) in [5, 5.41) is 1.63. The monoisotopic (exact) mass is 211 g/mol. The van der Waals surface area contributed by atoms with Crippen LogP contribution in [0.4, 0.5) is 17.6 Å². The van der Waals surface area contributed by atoms with Crippen LogP contribution in [0.1, 0.15) is 13.3 Å². The average molecular weight is 211 g/mol. The van der Waals surface area contributed by atoms with Gasteiger partial charge in [-0.1, -0.05) is 12.8 Å². The third-order valence-corrected chi connectivity index (χ3v) is 1.49. The molecule has 0 heterocycles. The van der Waals surface area contributed by atoms with Crippen LogP contribution in [-0.4, -0.2) is 24.3 Å². The molecule has 1 N–H and O–H groups in total. The summed E-state index contributed by atoms with van der Waals surface area (Å²) in [5.41, 5.74) is 0. The molecule has 2 nitrogen and oxygen atoms in total. The molecule has 14 heavy (non-hydrogen) atoms. The summed E-state index contributed by atoms with van der Waals surface area (Å²) in [6, 6.07) is -0.952. The molecule has 0 rings (SSSR count). The number of alkyl halides is 4. The van der Waals surface area contributed by atoms with Gasteiger partial charge in [0.15, 0.2) is 0 Å². The average Bonchev–Trinajstić information content (AvgIpc) is 2.13. The van der Waals surface area contributed by atoms with E-state index < -0.39 is 24.3 Å². The van der Waals surface area contributed by atoms with E-state index in [4.69, 9.17) is 6.42 Å². The molecule has 6 heteroatoms. The van der Waals surface area contributed by atoms with Gasteiger partial charge in [-0.05, 0) is 6.42 Å². The van der Waals surface area contributed by atoms with Crippen LogP contribution in [-0.2, 0) is 4.79 Å². The molecule has 0 aromatic rings. The lowest BCUT2D eigenvalue weighted by Gasteiger charge is -2.17. The largest absolute Gasteiger partial charge is 0.383 e. The smallest absolute Gasteiger partial charge is 0.337 e. The Morgan fingerprint density at radius 1 is 1.57 bits per heavy atom. The zero-order chi connectivity index (χ0) is 11.4. The highest BCUT2D eigenvalue weighted by atomic mass is 19.3. The van der Waals surface area contributed by atoms with Crippen LogP contribution in [0.3, 0.4) is 0 Å². The molecule has 0 fully saturated rings. The van der Waals surface area contributed by atoms with Crippen LogP contribution in [0.5, 0.6) is 0 Å². The Labute approximate surface area is 78.7 Å². The number of nitrogens with one attached hydrogen (secondary N) is 1. The van der Waals surface area contributed by atoms with E-state index in [0.29, 0.717) is 0 Å². The van der Waals surface area contributed by atoms with Crippen LogP contribution >= 0.6 is 0 Å². The molecular weight excluding hydrogens is 202 g/mol. The first-order valence-corrected chi connectivity index (χ1v) is 3.79. The SMILES string of the molecule is C#CC(CC)NC(=O)C(F)(F)C(F)F. The zero-order valence-corrected chi connectivity index (χ0v) is 7.36. The summed E-state index contributed by atoms with van der Waals surface area (Å²) in [7, 11) is 0. The van der Waals surface area contributed by atoms with Gasteiger partial charge in [0.05, 0.1) is 6.04 Å². The Bertz CT molecular complexity index is 246. The standard InChI is InChI=1S/C8H9F4NO/c1-3-5(4-2)13-7(14)8(11,12)6(9)10/h1,5-6H,4H2,2H3,(H,13,14). The molecular formula is C8H9F4NO. The van der Waals surface area contributed by atoms with E-state index in [2.05, 4.69) is 0 Å². The van der Waals surface area contributed by atoms with Gasteiger partial charge in [0.1, 0.15) is 0 Å². The van der Waals surface area contributed by atoms with Crippen LogP contribution in [0.2, 0.25) is 0 Å². The number of carbonyl (C=O) groups is 1. The molecule has 1 atom stereocenters. The van der Waals surface area contributed by atoms with Crippen LogP contribution in [0.25, 0.3) is 0 Å². The van der Waals surface area contributed by atoms with Gasteiger partial charge in [0.2, 0.25) is 0 Å². The van der Waals surface area contributed by atoms with Gasteiger partial charge in [-0.25, -0.2) is 8.78 Å². The maximum Gasteiger partial charge on any atom is 0.383 e. The number of hydrogen-bond acceptors (Lipinski definition) is 1. The van der Waals surface area contributed by atoms with E-state index in [1.807, 2.05) is 5.92 Å². The fraction of sp³-hybridized carbons (Fsp3) is 0.625. The molecule has 0 radical (unpaired) electrons. The lowest BCUT2D eigenvalue weighted by molar-refractivity contribution is -0.169. The summed E-state index contributed by atoms with van der Waals surface area (Å²) in [6.07, 6.45) is 1.02. The Kier molecular flexibility index (Phi) is 4.41. The quantitative estimate of drug-likeness (QED) is 0.553. The molecule has 80 valence electrons. The normalized spacial score (nSPS) is 13.5. The maximum absolute atomic E-state index is 12.3. The molecule has 0 aliphatic carbocycles. The Hall–Kier alpha value is -1.25. The van der Waals surface area contributed by atoms with Crippen molar-refractivity contribution < 1.29 is 22.4 Å². The zero-order valence-electron chi connectivity index (χ0n) is 7.36. The highest BCUT2D eigenvalue weighted by Crippen LogP contribution is 2.22. The Balaban J connectivity index is 4.43. The molecule has 0 saturated heterocycles. The highest BCUT2D eigenvalue weighted by molar-refractivity contribution is 5.84. The molecule has 1 amide bonds. The van der Waals surface area contributed by atoms with Gasteiger partial charge in [0.25, 0.3) is 5.91 Å². The minimum atomic E-state index is -4.69. The number of rotatable bonds is 4. The fourth-order valence-electron chi connectivity index (χ4n) is 0.615. The molecule has 1 unspecified atom stereocenters. The summed E-state index contributed by atoms with van der Waals surface area (Å²) < 4.78 is 48.0. The predicted molar refractivity (Wildman–Crippen MR) is 42.0 cm³/mol. The highest BCUT2D eigenvalue weighted by Gasteiger charge is 2.49. The lowest BCUT2D eigenvalue weighted by Crippen LogP contribution is -2.48. The van der Waals surface area contributed by atoms with E-state index in [9.17, 15) is 22.4 Å². The molecule has 0 aliphatic rings. The van der Waals surface area contributed by atoms with Crippen molar-refractivity contribution in [3.63, 3.8) is 0 Å². The Morgan fingerprint density at radius 2 is 2.07 bits per heavy atom. The first-order valence-electron chi connectivity index (χ1n) is 3.79. The number of hydrogen-bond donors (Lipinski definition) is 1. The molecule has 0 spiro atoms. The first-order chi connectivity index (χ1) is 6.36. The number of amides is 1. The van der Waals surface area contributed by atoms with Gasteiger partial charge in [-0.15, -0.1) is 6.42 Å². The van der Waals surface area contributed by atoms with Gasteiger partial charge in [-0.2, -0.15) is 8.78 Å². The topological polar surface area (TPSA) is 29.1 Å². The van der Waals surface area contributed by atoms with Crippen molar-refractivity contribution in [2.45, 2.75) is 31.7 Å². The van der Waals surface area contributed by atoms with E-state index in [1.54, 1.807) is 5.32 Å². The third-order valence-electron chi connectivity index (χ3n) is 1.49. The summed E-state index contributed by atoms with van der Waals surface area (Å²) >= 11 is 0. The second-order valence-electron chi connectivity index (χ2n) is 2.52. The third kappa shape index (κ3) is 2.91. The van der Waals surface area contributed by atoms with E-state index in [0.717, 1.165) is 0 Å². The van der Waals surface area contributed by atoms with Gasteiger partial charge >= 0.3 is 12.3 Å². The van der Waals surface area contributed by atoms with Crippen molar-refractivity contribution in [2.75, 3.05) is 0 Å². The summed E-state index contributed by atoms with van der Waals surface area (Å²) in [6.45, 7) is 1.53. The second-order valence-corrected chi connectivity index (χ2v) is 2.52. The molecule has 0 aromatic heterocycles. The fourth-order valence-corrected chi connectivity index (χ4v) is 0.615. The lowest BCUT2D eigenvalue weighted by atomic mass is 10.2. The van der Waals surface area contributed by atoms with Gasteiger partial charge < -0.3 is 5.32 Å². The first kappa shape index (κ1) is 12.8. The van der Waals surface area contributed by atoms with Crippen molar-refractivity contribution in [3.8, 4) is 12.3 Å². The molecule has 0 saturated carbocycles. The van der Waals surface area contributed by atoms with Gasteiger partial charge in [-0.3, -0.25) is 4.79 Å². The Morgan fingerprint density at radius 3 is 2.36 bits per heavy atom. The number of carbonyl (C=O) groups excluding carboxylic acids is 1. The van der Waals surface area contributed by atoms with E-state index in [1.165, 1.54) is 6.92 Å². The minimum Gasteiger partial charge on any atom is -0.337 e. The van der Waals surface area contributed by atoms with Crippen LogP contribution < -0.4 is 5.32 Å². The number of halogens is 4. The molecule has 0 bridgehead atoms. The van der Waals surface area contributed by atoms with Gasteiger partial charge in [0, 0.05) is 0 Å². The number of terminal acetylenes is 1. The van der Waals surface area contributed by atoms with Crippen LogP contribution in [0.15, 0.2) is 0 Å². The van der Waals surface area contributed by atoms with E-state index in [-0.39, 0.29) is 6.42 Å². The second kappa shape index (κ2) is 4.84. The predicted octanol–water partition coefficient (Wildman–Crippen LogP) is 1.41. The van der Waals surface area contributed by atoms with Crippen molar-refractivity contribution >= 4 is 5.91 Å². The van der Waals surface area contributed by atoms with E-state index >= 15 is 0 Å². The molecule has 0 aliphatic heterocycles. The van der Waals surface area contributed by atoms with Crippen molar-refractivity contribution in [3.05, 3.63) is 0 Å². The molecule has 0 aromatic carbocycles.